The van der Waals surface area contributed by atoms with Crippen LogP contribution >= 0.6 is 11.3 Å². The van der Waals surface area contributed by atoms with Crippen molar-refractivity contribution in [2.24, 2.45) is 0 Å². The van der Waals surface area contributed by atoms with Gasteiger partial charge in [-0.05, 0) is 5.38 Å². The third kappa shape index (κ3) is 0.910. The van der Waals surface area contributed by atoms with Gasteiger partial charge in [0, 0.05) is 0 Å². The fourth-order valence-electron chi connectivity index (χ4n) is 0.463. The van der Waals surface area contributed by atoms with Crippen molar-refractivity contribution in [3.05, 3.63) is 34.3 Å². The van der Waals surface area contributed by atoms with Crippen LogP contribution in [0.1, 0.15) is 0 Å². The van der Waals surface area contributed by atoms with E-state index in [0.29, 0.717) is 10.7 Å². The molecule has 1 heterocycles. The maximum Gasteiger partial charge on any atom is 0.248 e. The third-order valence-electron chi connectivity index (χ3n) is 0.847. The summed E-state index contributed by atoms with van der Waals surface area (Å²) in [6.07, 6.45) is 0. The van der Waals surface area contributed by atoms with E-state index < -0.39 is 0 Å². The van der Waals surface area contributed by atoms with Gasteiger partial charge in [0.2, 0.25) is 10.7 Å². The van der Waals surface area contributed by atoms with Crippen molar-refractivity contribution in [2.45, 2.75) is 0 Å². The molecular formula is C6H2N2S. The molecule has 42 valence electrons. The van der Waals surface area contributed by atoms with Gasteiger partial charge in [0.25, 0.3) is 0 Å². The monoisotopic (exact) mass is 134 g/mol. The van der Waals surface area contributed by atoms with E-state index in [0.717, 1.165) is 0 Å². The minimum Gasteiger partial charge on any atom is -0.249 e. The average molecular weight is 134 g/mol. The largest absolute Gasteiger partial charge is 0.249 e. The predicted octanol–water partition coefficient (Wildman–Crippen LogP) is 2.85. The molecule has 0 aliphatic heterocycles. The molecular weight excluding hydrogens is 132 g/mol. The summed E-state index contributed by atoms with van der Waals surface area (Å²) in [7, 11) is 0. The highest BCUT2D eigenvalue weighted by atomic mass is 32.1. The lowest BCUT2D eigenvalue weighted by Crippen LogP contribution is -1.42. The molecule has 0 amide bonds. The molecule has 0 atom stereocenters. The number of hydrogen-bond acceptors (Lipinski definition) is 1. The summed E-state index contributed by atoms with van der Waals surface area (Å²) >= 11 is 1.31. The van der Waals surface area contributed by atoms with Crippen LogP contribution in [0.25, 0.3) is 9.69 Å². The Bertz CT molecular complexity index is 258. The molecule has 2 nitrogen and oxygen atoms in total. The minimum atomic E-state index is 0.468. The molecule has 1 aromatic heterocycles. The smallest absolute Gasteiger partial charge is 0.248 e. The van der Waals surface area contributed by atoms with Gasteiger partial charge in [0.05, 0.1) is 13.1 Å². The SMILES string of the molecule is [C-]#[N+]c1ccsc1[N+]#[C-]. The molecule has 0 aromatic carbocycles. The second-order valence-electron chi connectivity index (χ2n) is 1.33. The second-order valence-corrected chi connectivity index (χ2v) is 2.23. The van der Waals surface area contributed by atoms with E-state index in [1.807, 2.05) is 0 Å². The van der Waals surface area contributed by atoms with E-state index in [1.165, 1.54) is 11.3 Å². The molecule has 0 spiro atoms. The van der Waals surface area contributed by atoms with Gasteiger partial charge in [0.15, 0.2) is 0 Å². The molecule has 0 bridgehead atoms. The molecule has 1 aromatic rings. The maximum absolute atomic E-state index is 6.60. The summed E-state index contributed by atoms with van der Waals surface area (Å²) in [6, 6.07) is 1.66. The first-order valence-electron chi connectivity index (χ1n) is 2.21. The quantitative estimate of drug-likeness (QED) is 0.482. The molecule has 3 heteroatoms. The van der Waals surface area contributed by atoms with E-state index in [9.17, 15) is 0 Å². The van der Waals surface area contributed by atoms with Gasteiger partial charge < -0.3 is 0 Å². The van der Waals surface area contributed by atoms with Crippen LogP contribution < -0.4 is 0 Å². The van der Waals surface area contributed by atoms with Crippen LogP contribution in [0.4, 0.5) is 10.7 Å². The van der Waals surface area contributed by atoms with Gasteiger partial charge in [-0.2, -0.15) is 11.3 Å². The van der Waals surface area contributed by atoms with Crippen molar-refractivity contribution in [1.29, 1.82) is 0 Å². The Hall–Kier alpha value is -1.32. The van der Waals surface area contributed by atoms with E-state index in [1.54, 1.807) is 11.4 Å². The van der Waals surface area contributed by atoms with Crippen LogP contribution in [-0.2, 0) is 0 Å². The zero-order chi connectivity index (χ0) is 6.69. The summed E-state index contributed by atoms with van der Waals surface area (Å²) in [4.78, 5) is 6.30. The van der Waals surface area contributed by atoms with E-state index >= 15 is 0 Å². The lowest BCUT2D eigenvalue weighted by molar-refractivity contribution is 1.95. The summed E-state index contributed by atoms with van der Waals surface area (Å²) in [5.41, 5.74) is 0.468. The standard InChI is InChI=1S/C6H2N2S/c1-7-5-3-4-9-6(5)8-2/h3-4H. The fraction of sp³-hybridized carbons (Fsp3) is 0. The molecule has 0 N–H and O–H groups in total. The highest BCUT2D eigenvalue weighted by Gasteiger charge is 1.99. The van der Waals surface area contributed by atoms with Crippen LogP contribution in [0, 0.1) is 13.1 Å². The zero-order valence-corrected chi connectivity index (χ0v) is 5.27. The first-order chi connectivity index (χ1) is 4.38. The first-order valence-corrected chi connectivity index (χ1v) is 3.09. The number of rotatable bonds is 0. The topological polar surface area (TPSA) is 8.72 Å². The first kappa shape index (κ1) is 5.81. The number of hydrogen-bond donors (Lipinski definition) is 0. The van der Waals surface area contributed by atoms with E-state index in [4.69, 9.17) is 13.1 Å². The Kier molecular flexibility index (Phi) is 1.48. The highest BCUT2D eigenvalue weighted by molar-refractivity contribution is 7.15. The van der Waals surface area contributed by atoms with Crippen molar-refractivity contribution in [2.75, 3.05) is 0 Å². The normalized spacial score (nSPS) is 7.78. The number of thiophene rings is 1. The van der Waals surface area contributed by atoms with Crippen LogP contribution in [0.2, 0.25) is 0 Å². The van der Waals surface area contributed by atoms with Gasteiger partial charge in [-0.1, -0.05) is 6.07 Å². The molecule has 0 aliphatic rings. The lowest BCUT2D eigenvalue weighted by Gasteiger charge is -1.75. The Morgan fingerprint density at radius 3 is 2.56 bits per heavy atom. The van der Waals surface area contributed by atoms with Gasteiger partial charge >= 0.3 is 0 Å². The van der Waals surface area contributed by atoms with Crippen molar-refractivity contribution in [3.63, 3.8) is 0 Å². The van der Waals surface area contributed by atoms with Gasteiger partial charge in [-0.25, -0.2) is 9.69 Å². The van der Waals surface area contributed by atoms with E-state index in [2.05, 4.69) is 9.69 Å². The van der Waals surface area contributed by atoms with Crippen molar-refractivity contribution in [1.82, 2.24) is 0 Å². The fourth-order valence-corrected chi connectivity index (χ4v) is 1.08. The highest BCUT2D eigenvalue weighted by Crippen LogP contribution is 2.33. The Labute approximate surface area is 57.0 Å². The van der Waals surface area contributed by atoms with E-state index in [-0.39, 0.29) is 0 Å². The Balaban J connectivity index is 3.22. The minimum absolute atomic E-state index is 0.468. The summed E-state index contributed by atoms with van der Waals surface area (Å²) in [5, 5.41) is 2.24. The van der Waals surface area contributed by atoms with Crippen molar-refractivity contribution < 1.29 is 0 Å². The summed E-state index contributed by atoms with van der Waals surface area (Å²) in [6.45, 7) is 13.2. The molecule has 0 aliphatic carbocycles. The van der Waals surface area contributed by atoms with Gasteiger partial charge in [-0.15, -0.1) is 0 Å². The molecule has 0 radical (unpaired) electrons. The third-order valence-corrected chi connectivity index (χ3v) is 1.64. The zero-order valence-electron chi connectivity index (χ0n) is 4.46. The molecule has 0 saturated heterocycles. The van der Waals surface area contributed by atoms with Crippen LogP contribution in [-0.4, -0.2) is 0 Å². The second kappa shape index (κ2) is 2.30. The summed E-state index contributed by atoms with van der Waals surface area (Å²) in [5.74, 6) is 0. The maximum atomic E-state index is 6.60. The number of nitrogens with zero attached hydrogens (tertiary/aromatic N) is 2. The van der Waals surface area contributed by atoms with Crippen LogP contribution in [0.15, 0.2) is 11.4 Å². The molecule has 0 fully saturated rings. The van der Waals surface area contributed by atoms with Crippen molar-refractivity contribution in [3.8, 4) is 0 Å². The molecule has 0 saturated carbocycles. The molecule has 1 rings (SSSR count). The average Bonchev–Trinajstić information content (AvgIpc) is 2.33. The van der Waals surface area contributed by atoms with Crippen LogP contribution in [0.5, 0.6) is 0 Å². The Morgan fingerprint density at radius 1 is 1.33 bits per heavy atom. The van der Waals surface area contributed by atoms with Gasteiger partial charge in [-0.3, -0.25) is 0 Å². The molecule has 9 heavy (non-hydrogen) atoms. The van der Waals surface area contributed by atoms with Crippen LogP contribution in [0.3, 0.4) is 0 Å². The predicted molar refractivity (Wildman–Crippen MR) is 36.8 cm³/mol. The van der Waals surface area contributed by atoms with Gasteiger partial charge in [0.1, 0.15) is 0 Å². The lowest BCUT2D eigenvalue weighted by atomic mass is 10.5. The van der Waals surface area contributed by atoms with Crippen molar-refractivity contribution >= 4 is 22.0 Å². The molecule has 0 unspecified atom stereocenters. The summed E-state index contributed by atoms with van der Waals surface area (Å²) < 4.78 is 0. The Morgan fingerprint density at radius 2 is 2.11 bits per heavy atom.